The Morgan fingerprint density at radius 1 is 1.32 bits per heavy atom. The van der Waals surface area contributed by atoms with Crippen molar-refractivity contribution in [1.82, 2.24) is 4.98 Å². The highest BCUT2D eigenvalue weighted by atomic mass is 35.5. The second kappa shape index (κ2) is 7.27. The summed E-state index contributed by atoms with van der Waals surface area (Å²) in [6.07, 6.45) is 9.76. The monoisotopic (exact) mass is 351 g/mol. The van der Waals surface area contributed by atoms with Gasteiger partial charge in [-0.2, -0.15) is 5.10 Å². The number of halogens is 2. The van der Waals surface area contributed by atoms with Gasteiger partial charge in [0.1, 0.15) is 0 Å². The van der Waals surface area contributed by atoms with Crippen molar-refractivity contribution in [3.05, 3.63) is 45.8 Å². The topological polar surface area (TPSA) is 37.3 Å². The lowest BCUT2D eigenvalue weighted by Gasteiger charge is -2.11. The highest BCUT2D eigenvalue weighted by molar-refractivity contribution is 7.14. The molecule has 3 rings (SSSR count). The zero-order valence-corrected chi connectivity index (χ0v) is 14.1. The number of nitrogens with one attached hydrogen (secondary N) is 1. The van der Waals surface area contributed by atoms with Crippen LogP contribution in [0.15, 0.2) is 40.8 Å². The largest absolute Gasteiger partial charge is 0.253 e. The van der Waals surface area contributed by atoms with E-state index in [-0.39, 0.29) is 0 Å². The Kier molecular flexibility index (Phi) is 5.13. The van der Waals surface area contributed by atoms with Gasteiger partial charge in [0, 0.05) is 22.2 Å². The number of benzene rings is 1. The van der Waals surface area contributed by atoms with Crippen LogP contribution in [0.5, 0.6) is 0 Å². The van der Waals surface area contributed by atoms with Gasteiger partial charge in [0.2, 0.25) is 5.13 Å². The van der Waals surface area contributed by atoms with E-state index < -0.39 is 0 Å². The quantitative estimate of drug-likeness (QED) is 0.424. The molecular formula is C16H15Cl2N3S. The molecule has 0 bridgehead atoms. The minimum absolute atomic E-state index is 0.516. The van der Waals surface area contributed by atoms with Gasteiger partial charge in [-0.15, -0.1) is 11.3 Å². The molecule has 22 heavy (non-hydrogen) atoms. The van der Waals surface area contributed by atoms with Gasteiger partial charge in [-0.1, -0.05) is 35.4 Å². The first-order valence-electron chi connectivity index (χ1n) is 7.07. The number of allylic oxidation sites excluding steroid dienone is 2. The molecule has 0 radical (unpaired) electrons. The average molecular weight is 352 g/mol. The van der Waals surface area contributed by atoms with Crippen molar-refractivity contribution in [3.8, 4) is 11.3 Å². The maximum atomic E-state index is 6.20. The summed E-state index contributed by atoms with van der Waals surface area (Å²) >= 11 is 13.6. The molecule has 2 aromatic rings. The predicted octanol–water partition coefficient (Wildman–Crippen LogP) is 5.87. The fourth-order valence-electron chi connectivity index (χ4n) is 2.30. The number of rotatable bonds is 4. The summed E-state index contributed by atoms with van der Waals surface area (Å²) in [6.45, 7) is 0. The highest BCUT2D eigenvalue weighted by Gasteiger charge is 2.09. The molecule has 1 N–H and O–H groups in total. The molecule has 6 heteroatoms. The van der Waals surface area contributed by atoms with E-state index in [1.807, 2.05) is 23.7 Å². The second-order valence-corrected chi connectivity index (χ2v) is 6.80. The molecule has 1 atom stereocenters. The Bertz CT molecular complexity index is 709. The number of hydrogen-bond acceptors (Lipinski definition) is 4. The van der Waals surface area contributed by atoms with Crippen molar-refractivity contribution in [2.24, 2.45) is 11.0 Å². The van der Waals surface area contributed by atoms with E-state index in [1.54, 1.807) is 6.07 Å². The van der Waals surface area contributed by atoms with E-state index >= 15 is 0 Å². The van der Waals surface area contributed by atoms with Crippen molar-refractivity contribution < 1.29 is 0 Å². The summed E-state index contributed by atoms with van der Waals surface area (Å²) in [5.74, 6) is 0.516. The number of thiazole rings is 1. The predicted molar refractivity (Wildman–Crippen MR) is 96.2 cm³/mol. The van der Waals surface area contributed by atoms with Gasteiger partial charge in [-0.05, 0) is 43.4 Å². The zero-order valence-electron chi connectivity index (χ0n) is 11.8. The molecule has 0 aliphatic heterocycles. The van der Waals surface area contributed by atoms with Crippen molar-refractivity contribution in [1.29, 1.82) is 0 Å². The van der Waals surface area contributed by atoms with Gasteiger partial charge >= 0.3 is 0 Å². The third-order valence-electron chi connectivity index (χ3n) is 3.47. The summed E-state index contributed by atoms with van der Waals surface area (Å²) in [6, 6.07) is 5.41. The van der Waals surface area contributed by atoms with Gasteiger partial charge in [0.25, 0.3) is 0 Å². The highest BCUT2D eigenvalue weighted by Crippen LogP contribution is 2.32. The molecule has 1 aliphatic rings. The van der Waals surface area contributed by atoms with E-state index in [1.165, 1.54) is 11.3 Å². The second-order valence-electron chi connectivity index (χ2n) is 5.10. The number of hydrazone groups is 1. The van der Waals surface area contributed by atoms with Crippen LogP contribution in [0.4, 0.5) is 5.13 Å². The molecule has 0 saturated heterocycles. The van der Waals surface area contributed by atoms with E-state index in [0.717, 1.165) is 35.7 Å². The van der Waals surface area contributed by atoms with E-state index in [4.69, 9.17) is 23.2 Å². The molecular weight excluding hydrogens is 337 g/mol. The van der Waals surface area contributed by atoms with E-state index in [0.29, 0.717) is 16.0 Å². The van der Waals surface area contributed by atoms with Crippen LogP contribution in [-0.4, -0.2) is 11.2 Å². The minimum Gasteiger partial charge on any atom is -0.253 e. The van der Waals surface area contributed by atoms with Crippen LogP contribution >= 0.6 is 34.5 Å². The average Bonchev–Trinajstić information content (AvgIpc) is 2.97. The van der Waals surface area contributed by atoms with Crippen LogP contribution in [0.3, 0.4) is 0 Å². The number of anilines is 1. The van der Waals surface area contributed by atoms with Crippen LogP contribution in [0, 0.1) is 5.92 Å². The Morgan fingerprint density at radius 3 is 3.00 bits per heavy atom. The molecule has 1 aromatic carbocycles. The molecule has 1 unspecified atom stereocenters. The van der Waals surface area contributed by atoms with Crippen LogP contribution in [-0.2, 0) is 0 Å². The smallest absolute Gasteiger partial charge is 0.203 e. The summed E-state index contributed by atoms with van der Waals surface area (Å²) in [7, 11) is 0. The Labute approximate surface area is 143 Å². The summed E-state index contributed by atoms with van der Waals surface area (Å²) < 4.78 is 0. The van der Waals surface area contributed by atoms with Crippen molar-refractivity contribution in [2.75, 3.05) is 5.43 Å². The van der Waals surface area contributed by atoms with Gasteiger partial charge < -0.3 is 0 Å². The third kappa shape index (κ3) is 3.88. The molecule has 0 amide bonds. The zero-order chi connectivity index (χ0) is 15.4. The first-order chi connectivity index (χ1) is 10.7. The first kappa shape index (κ1) is 15.5. The van der Waals surface area contributed by atoms with Crippen molar-refractivity contribution in [2.45, 2.75) is 19.3 Å². The van der Waals surface area contributed by atoms with Gasteiger partial charge in [-0.25, -0.2) is 4.98 Å². The summed E-state index contributed by atoms with van der Waals surface area (Å²) in [4.78, 5) is 4.51. The Hall–Kier alpha value is -1.36. The summed E-state index contributed by atoms with van der Waals surface area (Å²) in [5.41, 5.74) is 4.69. The van der Waals surface area contributed by atoms with Crippen LogP contribution in [0.1, 0.15) is 19.3 Å². The number of nitrogens with zero attached hydrogens (tertiary/aromatic N) is 2. The van der Waals surface area contributed by atoms with E-state index in [9.17, 15) is 0 Å². The molecule has 0 spiro atoms. The fraction of sp³-hybridized carbons (Fsp3) is 0.250. The molecule has 1 aliphatic carbocycles. The summed E-state index contributed by atoms with van der Waals surface area (Å²) in [5, 5.41) is 8.22. The van der Waals surface area contributed by atoms with Gasteiger partial charge in [0.05, 0.1) is 10.7 Å². The number of aromatic nitrogens is 1. The molecule has 0 fully saturated rings. The molecule has 114 valence electrons. The lowest BCUT2D eigenvalue weighted by molar-refractivity contribution is 0.627. The van der Waals surface area contributed by atoms with Crippen LogP contribution in [0.25, 0.3) is 11.3 Å². The SMILES string of the molecule is Clc1ccc(-c2csc(N/N=C/C3CC=CCC3)n2)c(Cl)c1. The normalized spacial score (nSPS) is 18.0. The van der Waals surface area contributed by atoms with Gasteiger partial charge in [0.15, 0.2) is 0 Å². The van der Waals surface area contributed by atoms with Crippen molar-refractivity contribution in [3.63, 3.8) is 0 Å². The molecule has 1 aromatic heterocycles. The fourth-order valence-corrected chi connectivity index (χ4v) is 3.46. The minimum atomic E-state index is 0.516. The van der Waals surface area contributed by atoms with Crippen LogP contribution < -0.4 is 5.43 Å². The number of hydrogen-bond donors (Lipinski definition) is 1. The van der Waals surface area contributed by atoms with E-state index in [2.05, 4.69) is 27.7 Å². The standard InChI is InChI=1S/C16H15Cl2N3S/c17-12-6-7-13(14(18)8-12)15-10-22-16(20-15)21-19-9-11-4-2-1-3-5-11/h1-2,6-11H,3-5H2,(H,20,21)/b19-9+. The Balaban J connectivity index is 1.66. The van der Waals surface area contributed by atoms with Gasteiger partial charge in [-0.3, -0.25) is 5.43 Å². The first-order valence-corrected chi connectivity index (χ1v) is 8.71. The van der Waals surface area contributed by atoms with Crippen LogP contribution in [0.2, 0.25) is 10.0 Å². The Morgan fingerprint density at radius 2 is 2.23 bits per heavy atom. The molecule has 3 nitrogen and oxygen atoms in total. The maximum absolute atomic E-state index is 6.20. The maximum Gasteiger partial charge on any atom is 0.203 e. The molecule has 1 heterocycles. The van der Waals surface area contributed by atoms with Crippen molar-refractivity contribution >= 4 is 45.9 Å². The molecule has 0 saturated carbocycles. The third-order valence-corrected chi connectivity index (χ3v) is 4.76. The lowest BCUT2D eigenvalue weighted by Crippen LogP contribution is -2.04. The lowest BCUT2D eigenvalue weighted by atomic mass is 9.96.